The van der Waals surface area contributed by atoms with E-state index in [1.54, 1.807) is 12.1 Å². The van der Waals surface area contributed by atoms with Gasteiger partial charge in [-0.15, -0.1) is 0 Å². The van der Waals surface area contributed by atoms with Crippen molar-refractivity contribution in [3.8, 4) is 0 Å². The maximum Gasteiger partial charge on any atom is 0.293 e. The Bertz CT molecular complexity index is 1090. The SMILES string of the molecule is CC1CCN(c2ccc(C(=O)N(C)CC(=O)Nc3ccc(N4CCOCC4)cc3)cc2[N+](=O)[O-])CC1. The Morgan fingerprint density at radius 2 is 1.72 bits per heavy atom. The predicted molar refractivity (Wildman–Crippen MR) is 139 cm³/mol. The molecule has 10 heteroatoms. The van der Waals surface area contributed by atoms with Crippen molar-refractivity contribution in [1.82, 2.24) is 4.90 Å². The standard InChI is InChI=1S/C26H33N5O5/c1-19-9-11-30(12-10-19)23-8-3-20(17-24(23)31(34)35)26(33)28(2)18-25(32)27-21-4-6-22(7-5-21)29-13-15-36-16-14-29/h3-8,17,19H,9-16,18H2,1-2H3,(H,27,32). The Balaban J connectivity index is 1.37. The fourth-order valence-electron chi connectivity index (χ4n) is 4.60. The Morgan fingerprint density at radius 1 is 1.06 bits per heavy atom. The van der Waals surface area contributed by atoms with Crippen molar-refractivity contribution in [2.24, 2.45) is 5.92 Å². The molecular formula is C26H33N5O5. The average molecular weight is 496 g/mol. The average Bonchev–Trinajstić information content (AvgIpc) is 2.89. The van der Waals surface area contributed by atoms with Crippen molar-refractivity contribution in [1.29, 1.82) is 0 Å². The lowest BCUT2D eigenvalue weighted by molar-refractivity contribution is -0.384. The number of nitro groups is 1. The molecule has 2 aromatic carbocycles. The molecule has 2 heterocycles. The summed E-state index contributed by atoms with van der Waals surface area (Å²) in [6.07, 6.45) is 1.96. The van der Waals surface area contributed by atoms with Crippen LogP contribution < -0.4 is 15.1 Å². The van der Waals surface area contributed by atoms with Crippen LogP contribution >= 0.6 is 0 Å². The van der Waals surface area contributed by atoms with Crippen molar-refractivity contribution in [2.75, 3.05) is 68.1 Å². The Hall–Kier alpha value is -3.66. The van der Waals surface area contributed by atoms with Crippen molar-refractivity contribution < 1.29 is 19.2 Å². The summed E-state index contributed by atoms with van der Waals surface area (Å²) in [5.41, 5.74) is 2.32. The largest absolute Gasteiger partial charge is 0.378 e. The van der Waals surface area contributed by atoms with Gasteiger partial charge in [0.05, 0.1) is 24.7 Å². The number of nitrogens with zero attached hydrogens (tertiary/aromatic N) is 4. The van der Waals surface area contributed by atoms with Gasteiger partial charge in [-0.2, -0.15) is 0 Å². The molecule has 2 aromatic rings. The number of ether oxygens (including phenoxy) is 1. The van der Waals surface area contributed by atoms with Crippen LogP contribution in [-0.4, -0.2) is 74.6 Å². The highest BCUT2D eigenvalue weighted by atomic mass is 16.6. The van der Waals surface area contributed by atoms with Crippen LogP contribution in [0.2, 0.25) is 0 Å². The summed E-state index contributed by atoms with van der Waals surface area (Å²) >= 11 is 0. The monoisotopic (exact) mass is 495 g/mol. The van der Waals surface area contributed by atoms with Gasteiger partial charge in [-0.25, -0.2) is 0 Å². The zero-order valence-electron chi connectivity index (χ0n) is 20.8. The van der Waals surface area contributed by atoms with Gasteiger partial charge in [0.1, 0.15) is 5.69 Å². The van der Waals surface area contributed by atoms with Gasteiger partial charge in [-0.3, -0.25) is 19.7 Å². The third-order valence-corrected chi connectivity index (χ3v) is 6.80. The molecule has 36 heavy (non-hydrogen) atoms. The molecule has 192 valence electrons. The summed E-state index contributed by atoms with van der Waals surface area (Å²) in [7, 11) is 1.51. The van der Waals surface area contributed by atoms with Crippen molar-refractivity contribution >= 4 is 34.6 Å². The molecule has 0 radical (unpaired) electrons. The molecule has 0 aromatic heterocycles. The number of nitro benzene ring substituents is 1. The van der Waals surface area contributed by atoms with E-state index in [1.165, 1.54) is 18.0 Å². The highest BCUT2D eigenvalue weighted by Crippen LogP contribution is 2.32. The number of nitrogens with one attached hydrogen (secondary N) is 1. The van der Waals surface area contributed by atoms with Crippen LogP contribution in [0.4, 0.5) is 22.7 Å². The molecule has 4 rings (SSSR count). The first kappa shape index (κ1) is 25.4. The summed E-state index contributed by atoms with van der Waals surface area (Å²) in [6.45, 7) is 6.56. The second kappa shape index (κ2) is 11.4. The molecule has 2 aliphatic rings. The van der Waals surface area contributed by atoms with E-state index in [-0.39, 0.29) is 23.7 Å². The van der Waals surface area contributed by atoms with Crippen LogP contribution in [0.1, 0.15) is 30.1 Å². The first-order valence-corrected chi connectivity index (χ1v) is 12.3. The highest BCUT2D eigenvalue weighted by molar-refractivity contribution is 6.00. The number of hydrogen-bond acceptors (Lipinski definition) is 7. The summed E-state index contributed by atoms with van der Waals surface area (Å²) in [5, 5.41) is 14.6. The number of carbonyl (C=O) groups excluding carboxylic acids is 2. The zero-order chi connectivity index (χ0) is 25.7. The fraction of sp³-hybridized carbons (Fsp3) is 0.462. The number of hydrogen-bond donors (Lipinski definition) is 1. The normalized spacial score (nSPS) is 16.5. The number of morpholine rings is 1. The summed E-state index contributed by atoms with van der Waals surface area (Å²) in [4.78, 5) is 42.3. The van der Waals surface area contributed by atoms with Crippen molar-refractivity contribution in [3.63, 3.8) is 0 Å². The first-order chi connectivity index (χ1) is 17.3. The van der Waals surface area contributed by atoms with Gasteiger partial charge in [0.2, 0.25) is 5.91 Å². The molecule has 0 atom stereocenters. The van der Waals surface area contributed by atoms with Gasteiger partial charge < -0.3 is 24.8 Å². The molecule has 0 saturated carbocycles. The Morgan fingerprint density at radius 3 is 2.36 bits per heavy atom. The smallest absolute Gasteiger partial charge is 0.293 e. The van der Waals surface area contributed by atoms with Gasteiger partial charge in [-0.1, -0.05) is 6.92 Å². The third kappa shape index (κ3) is 6.12. The Labute approximate surface area is 211 Å². The molecule has 0 spiro atoms. The van der Waals surface area contributed by atoms with E-state index in [1.807, 2.05) is 29.2 Å². The molecule has 2 fully saturated rings. The van der Waals surface area contributed by atoms with E-state index in [2.05, 4.69) is 17.1 Å². The lowest BCUT2D eigenvalue weighted by atomic mass is 9.98. The fourth-order valence-corrected chi connectivity index (χ4v) is 4.60. The van der Waals surface area contributed by atoms with E-state index in [9.17, 15) is 19.7 Å². The molecular weight excluding hydrogens is 462 g/mol. The number of likely N-dealkylation sites (N-methyl/N-ethyl adjacent to an activating group) is 1. The van der Waals surface area contributed by atoms with Crippen LogP contribution in [0.25, 0.3) is 0 Å². The number of benzene rings is 2. The molecule has 2 aliphatic heterocycles. The number of piperidine rings is 1. The van der Waals surface area contributed by atoms with Crippen LogP contribution in [0.5, 0.6) is 0 Å². The van der Waals surface area contributed by atoms with Gasteiger partial charge in [0.15, 0.2) is 0 Å². The van der Waals surface area contributed by atoms with Crippen molar-refractivity contribution in [3.05, 3.63) is 58.1 Å². The van der Waals surface area contributed by atoms with E-state index >= 15 is 0 Å². The molecule has 10 nitrogen and oxygen atoms in total. The maximum absolute atomic E-state index is 13.0. The number of carbonyl (C=O) groups is 2. The molecule has 2 amide bonds. The van der Waals surface area contributed by atoms with E-state index in [0.717, 1.165) is 44.7 Å². The van der Waals surface area contributed by atoms with Crippen LogP contribution in [0, 0.1) is 16.0 Å². The molecule has 2 saturated heterocycles. The highest BCUT2D eigenvalue weighted by Gasteiger charge is 2.26. The van der Waals surface area contributed by atoms with E-state index in [4.69, 9.17) is 4.74 Å². The van der Waals surface area contributed by atoms with Crippen LogP contribution in [0.3, 0.4) is 0 Å². The minimum atomic E-state index is -0.449. The van der Waals surface area contributed by atoms with Crippen LogP contribution in [0.15, 0.2) is 42.5 Å². The van der Waals surface area contributed by atoms with E-state index < -0.39 is 10.8 Å². The van der Waals surface area contributed by atoms with Crippen molar-refractivity contribution in [2.45, 2.75) is 19.8 Å². The number of anilines is 3. The van der Waals surface area contributed by atoms with E-state index in [0.29, 0.717) is 30.5 Å². The quantitative estimate of drug-likeness (QED) is 0.463. The topological polar surface area (TPSA) is 108 Å². The second-order valence-electron chi connectivity index (χ2n) is 9.49. The molecule has 0 unspecified atom stereocenters. The maximum atomic E-state index is 13.0. The number of amides is 2. The minimum absolute atomic E-state index is 0.0892. The van der Waals surface area contributed by atoms with Gasteiger partial charge >= 0.3 is 0 Å². The number of rotatable bonds is 7. The predicted octanol–water partition coefficient (Wildman–Crippen LogP) is 3.38. The minimum Gasteiger partial charge on any atom is -0.378 e. The first-order valence-electron chi connectivity index (χ1n) is 12.3. The Kier molecular flexibility index (Phi) is 8.04. The molecule has 0 aliphatic carbocycles. The zero-order valence-corrected chi connectivity index (χ0v) is 20.8. The van der Waals surface area contributed by atoms with Gasteiger partial charge in [0.25, 0.3) is 11.6 Å². The summed E-state index contributed by atoms with van der Waals surface area (Å²) in [5.74, 6) is -0.197. The summed E-state index contributed by atoms with van der Waals surface area (Å²) in [6, 6.07) is 12.1. The molecule has 1 N–H and O–H groups in total. The van der Waals surface area contributed by atoms with Gasteiger partial charge in [0, 0.05) is 56.2 Å². The van der Waals surface area contributed by atoms with Crippen LogP contribution in [-0.2, 0) is 9.53 Å². The molecule has 0 bridgehead atoms. The summed E-state index contributed by atoms with van der Waals surface area (Å²) < 4.78 is 5.37. The second-order valence-corrected chi connectivity index (χ2v) is 9.49. The third-order valence-electron chi connectivity index (χ3n) is 6.80. The lowest BCUT2D eigenvalue weighted by Crippen LogP contribution is -2.36. The van der Waals surface area contributed by atoms with Gasteiger partial charge in [-0.05, 0) is 55.2 Å². The lowest BCUT2D eigenvalue weighted by Gasteiger charge is -2.31.